The van der Waals surface area contributed by atoms with Crippen molar-refractivity contribution in [1.82, 2.24) is 0 Å². The number of nitrogens with one attached hydrogen (secondary N) is 1. The SMILES string of the molecule is CCOc1ccc2c(c1)NCCC(C)(C)O2. The second kappa shape index (κ2) is 4.24. The number of fused-ring (bicyclic) bond motifs is 1. The molecule has 0 saturated heterocycles. The molecule has 1 aromatic rings. The van der Waals surface area contributed by atoms with E-state index in [4.69, 9.17) is 9.47 Å². The molecule has 3 heteroatoms. The zero-order chi connectivity index (χ0) is 11.6. The normalized spacial score (nSPS) is 17.7. The fourth-order valence-corrected chi connectivity index (χ4v) is 1.84. The first-order valence-electron chi connectivity index (χ1n) is 5.80. The highest BCUT2D eigenvalue weighted by molar-refractivity contribution is 5.60. The quantitative estimate of drug-likeness (QED) is 0.832. The molecule has 1 N–H and O–H groups in total. The monoisotopic (exact) mass is 221 g/mol. The van der Waals surface area contributed by atoms with Crippen LogP contribution in [-0.4, -0.2) is 18.8 Å². The van der Waals surface area contributed by atoms with Crippen LogP contribution in [0.5, 0.6) is 11.5 Å². The summed E-state index contributed by atoms with van der Waals surface area (Å²) in [6, 6.07) is 5.92. The van der Waals surface area contributed by atoms with Crippen molar-refractivity contribution in [2.75, 3.05) is 18.5 Å². The molecular formula is C13H19NO2. The van der Waals surface area contributed by atoms with E-state index < -0.39 is 0 Å². The molecule has 2 rings (SSSR count). The van der Waals surface area contributed by atoms with Gasteiger partial charge in [-0.3, -0.25) is 0 Å². The molecule has 3 nitrogen and oxygen atoms in total. The number of anilines is 1. The lowest BCUT2D eigenvalue weighted by molar-refractivity contribution is 0.108. The maximum Gasteiger partial charge on any atom is 0.143 e. The Hall–Kier alpha value is -1.38. The van der Waals surface area contributed by atoms with E-state index in [2.05, 4.69) is 19.2 Å². The van der Waals surface area contributed by atoms with Crippen LogP contribution in [0.4, 0.5) is 5.69 Å². The van der Waals surface area contributed by atoms with Crippen LogP contribution in [0.2, 0.25) is 0 Å². The van der Waals surface area contributed by atoms with E-state index in [1.807, 2.05) is 25.1 Å². The van der Waals surface area contributed by atoms with E-state index in [9.17, 15) is 0 Å². The van der Waals surface area contributed by atoms with Crippen molar-refractivity contribution in [3.63, 3.8) is 0 Å². The van der Waals surface area contributed by atoms with Gasteiger partial charge in [0.25, 0.3) is 0 Å². The van der Waals surface area contributed by atoms with E-state index in [1.165, 1.54) is 0 Å². The molecule has 1 heterocycles. The Balaban J connectivity index is 2.27. The van der Waals surface area contributed by atoms with Gasteiger partial charge < -0.3 is 14.8 Å². The van der Waals surface area contributed by atoms with Gasteiger partial charge >= 0.3 is 0 Å². The summed E-state index contributed by atoms with van der Waals surface area (Å²) in [5, 5.41) is 3.37. The van der Waals surface area contributed by atoms with Crippen LogP contribution in [0.25, 0.3) is 0 Å². The molecular weight excluding hydrogens is 202 g/mol. The Bertz CT molecular complexity index is 374. The van der Waals surface area contributed by atoms with Crippen LogP contribution < -0.4 is 14.8 Å². The van der Waals surface area contributed by atoms with E-state index in [1.54, 1.807) is 0 Å². The van der Waals surface area contributed by atoms with Crippen molar-refractivity contribution in [3.8, 4) is 11.5 Å². The smallest absolute Gasteiger partial charge is 0.143 e. The first-order chi connectivity index (χ1) is 7.61. The van der Waals surface area contributed by atoms with Crippen molar-refractivity contribution >= 4 is 5.69 Å². The summed E-state index contributed by atoms with van der Waals surface area (Å²) in [6.45, 7) is 7.82. The minimum absolute atomic E-state index is 0.106. The number of hydrogen-bond acceptors (Lipinski definition) is 3. The van der Waals surface area contributed by atoms with Crippen LogP contribution in [0.1, 0.15) is 27.2 Å². The van der Waals surface area contributed by atoms with Crippen LogP contribution in [0.3, 0.4) is 0 Å². The second-order valence-electron chi connectivity index (χ2n) is 4.63. The molecule has 0 saturated carbocycles. The maximum absolute atomic E-state index is 5.96. The van der Waals surface area contributed by atoms with Gasteiger partial charge in [0.05, 0.1) is 12.3 Å². The largest absolute Gasteiger partial charge is 0.494 e. The van der Waals surface area contributed by atoms with Crippen molar-refractivity contribution in [3.05, 3.63) is 18.2 Å². The Kier molecular flexibility index (Phi) is 2.95. The van der Waals surface area contributed by atoms with Crippen LogP contribution in [-0.2, 0) is 0 Å². The summed E-state index contributed by atoms with van der Waals surface area (Å²) < 4.78 is 11.4. The summed E-state index contributed by atoms with van der Waals surface area (Å²) in [7, 11) is 0. The lowest BCUT2D eigenvalue weighted by Gasteiger charge is -2.23. The average molecular weight is 221 g/mol. The maximum atomic E-state index is 5.96. The minimum Gasteiger partial charge on any atom is -0.494 e. The van der Waals surface area contributed by atoms with Crippen molar-refractivity contribution in [2.24, 2.45) is 0 Å². The average Bonchev–Trinajstić information content (AvgIpc) is 2.35. The zero-order valence-electron chi connectivity index (χ0n) is 10.2. The molecule has 1 aliphatic heterocycles. The lowest BCUT2D eigenvalue weighted by Crippen LogP contribution is -2.28. The second-order valence-corrected chi connectivity index (χ2v) is 4.63. The molecule has 88 valence electrons. The van der Waals surface area contributed by atoms with E-state index in [0.717, 1.165) is 30.2 Å². The van der Waals surface area contributed by atoms with Crippen molar-refractivity contribution in [2.45, 2.75) is 32.8 Å². The molecule has 16 heavy (non-hydrogen) atoms. The highest BCUT2D eigenvalue weighted by Gasteiger charge is 2.24. The van der Waals surface area contributed by atoms with Gasteiger partial charge in [0.1, 0.15) is 17.1 Å². The van der Waals surface area contributed by atoms with Gasteiger partial charge in [-0.1, -0.05) is 0 Å². The van der Waals surface area contributed by atoms with E-state index in [-0.39, 0.29) is 5.60 Å². The number of hydrogen-bond donors (Lipinski definition) is 1. The van der Waals surface area contributed by atoms with Crippen LogP contribution in [0, 0.1) is 0 Å². The Labute approximate surface area is 96.8 Å². The molecule has 1 aliphatic rings. The minimum atomic E-state index is -0.106. The Morgan fingerprint density at radius 3 is 3.00 bits per heavy atom. The predicted molar refractivity (Wildman–Crippen MR) is 65.4 cm³/mol. The van der Waals surface area contributed by atoms with Gasteiger partial charge in [-0.2, -0.15) is 0 Å². The summed E-state index contributed by atoms with van der Waals surface area (Å²) in [4.78, 5) is 0. The highest BCUT2D eigenvalue weighted by atomic mass is 16.5. The summed E-state index contributed by atoms with van der Waals surface area (Å²) >= 11 is 0. The molecule has 0 amide bonds. The molecule has 0 radical (unpaired) electrons. The number of ether oxygens (including phenoxy) is 2. The molecule has 1 aromatic carbocycles. The van der Waals surface area contributed by atoms with Crippen LogP contribution in [0.15, 0.2) is 18.2 Å². The van der Waals surface area contributed by atoms with Gasteiger partial charge in [0.15, 0.2) is 0 Å². The van der Waals surface area contributed by atoms with E-state index in [0.29, 0.717) is 6.61 Å². The summed E-state index contributed by atoms with van der Waals surface area (Å²) in [5.41, 5.74) is 0.919. The van der Waals surface area contributed by atoms with Gasteiger partial charge in [0, 0.05) is 19.0 Å². The van der Waals surface area contributed by atoms with Gasteiger partial charge in [-0.15, -0.1) is 0 Å². The van der Waals surface area contributed by atoms with Gasteiger partial charge in [0.2, 0.25) is 0 Å². The summed E-state index contributed by atoms with van der Waals surface area (Å²) in [5.74, 6) is 1.79. The molecule has 0 spiro atoms. The lowest BCUT2D eigenvalue weighted by atomic mass is 10.1. The Morgan fingerprint density at radius 1 is 1.44 bits per heavy atom. The predicted octanol–water partition coefficient (Wildman–Crippen LogP) is 3.06. The zero-order valence-corrected chi connectivity index (χ0v) is 10.2. The molecule has 0 unspecified atom stereocenters. The summed E-state index contributed by atoms with van der Waals surface area (Å²) in [6.07, 6.45) is 0.992. The van der Waals surface area contributed by atoms with Crippen molar-refractivity contribution < 1.29 is 9.47 Å². The van der Waals surface area contributed by atoms with Crippen molar-refractivity contribution in [1.29, 1.82) is 0 Å². The van der Waals surface area contributed by atoms with E-state index >= 15 is 0 Å². The molecule has 0 aromatic heterocycles. The third-order valence-electron chi connectivity index (χ3n) is 2.69. The first-order valence-corrected chi connectivity index (χ1v) is 5.80. The third kappa shape index (κ3) is 2.40. The topological polar surface area (TPSA) is 30.5 Å². The first kappa shape index (κ1) is 11.1. The fourth-order valence-electron chi connectivity index (χ4n) is 1.84. The fraction of sp³-hybridized carbons (Fsp3) is 0.538. The Morgan fingerprint density at radius 2 is 2.25 bits per heavy atom. The third-order valence-corrected chi connectivity index (χ3v) is 2.69. The van der Waals surface area contributed by atoms with Gasteiger partial charge in [-0.05, 0) is 32.9 Å². The van der Waals surface area contributed by atoms with Gasteiger partial charge in [-0.25, -0.2) is 0 Å². The number of benzene rings is 1. The molecule has 0 aliphatic carbocycles. The number of rotatable bonds is 2. The highest BCUT2D eigenvalue weighted by Crippen LogP contribution is 2.35. The molecule has 0 fully saturated rings. The molecule has 0 atom stereocenters. The molecule has 0 bridgehead atoms. The van der Waals surface area contributed by atoms with Crippen LogP contribution >= 0.6 is 0 Å². The standard InChI is InChI=1S/C13H19NO2/c1-4-15-10-5-6-12-11(9-10)14-8-7-13(2,3)16-12/h5-6,9,14H,4,7-8H2,1-3H3.